The molecule has 0 heterocycles. The fourth-order valence-electron chi connectivity index (χ4n) is 2.11. The molecule has 0 spiro atoms. The number of ether oxygens (including phenoxy) is 2. The van der Waals surface area contributed by atoms with Crippen LogP contribution in [0.25, 0.3) is 0 Å². The van der Waals surface area contributed by atoms with Crippen LogP contribution in [0.3, 0.4) is 0 Å². The van der Waals surface area contributed by atoms with Crippen LogP contribution in [0.4, 0.5) is 5.69 Å². The molecule has 1 atom stereocenters. The van der Waals surface area contributed by atoms with Crippen LogP contribution < -0.4 is 10.1 Å². The van der Waals surface area contributed by atoms with Crippen LogP contribution in [-0.2, 0) is 9.53 Å². The lowest BCUT2D eigenvalue weighted by Gasteiger charge is -2.16. The van der Waals surface area contributed by atoms with Crippen LogP contribution in [0.1, 0.15) is 22.8 Å². The summed E-state index contributed by atoms with van der Waals surface area (Å²) in [6, 6.07) is 11.8. The highest BCUT2D eigenvalue weighted by molar-refractivity contribution is 6.30. The van der Waals surface area contributed by atoms with Gasteiger partial charge in [-0.25, -0.2) is 4.79 Å². The first-order chi connectivity index (χ1) is 11.4. The Morgan fingerprint density at radius 1 is 1.12 bits per heavy atom. The maximum Gasteiger partial charge on any atom is 0.338 e. The Bertz CT molecular complexity index is 743. The Hall–Kier alpha value is -2.53. The second-order valence-electron chi connectivity index (χ2n) is 5.17. The first kappa shape index (κ1) is 17.8. The predicted molar refractivity (Wildman–Crippen MR) is 92.7 cm³/mol. The Balaban J connectivity index is 2.08. The van der Waals surface area contributed by atoms with E-state index in [9.17, 15) is 9.59 Å². The van der Waals surface area contributed by atoms with Gasteiger partial charge < -0.3 is 14.8 Å². The average molecular weight is 348 g/mol. The van der Waals surface area contributed by atoms with E-state index in [4.69, 9.17) is 21.1 Å². The van der Waals surface area contributed by atoms with Crippen molar-refractivity contribution in [3.63, 3.8) is 0 Å². The molecule has 24 heavy (non-hydrogen) atoms. The molecule has 1 N–H and O–H groups in total. The minimum absolute atomic E-state index is 0.324. The van der Waals surface area contributed by atoms with Gasteiger partial charge in [0.2, 0.25) is 0 Å². The number of esters is 1. The van der Waals surface area contributed by atoms with Gasteiger partial charge in [-0.1, -0.05) is 17.7 Å². The summed E-state index contributed by atoms with van der Waals surface area (Å²) in [7, 11) is 1.31. The van der Waals surface area contributed by atoms with Crippen molar-refractivity contribution in [1.82, 2.24) is 0 Å². The van der Waals surface area contributed by atoms with Crippen LogP contribution in [-0.4, -0.2) is 25.1 Å². The minimum Gasteiger partial charge on any atom is -0.481 e. The smallest absolute Gasteiger partial charge is 0.338 e. The second-order valence-corrected chi connectivity index (χ2v) is 5.61. The normalized spacial score (nSPS) is 11.5. The number of amides is 1. The summed E-state index contributed by atoms with van der Waals surface area (Å²) in [6.07, 6.45) is -0.715. The summed E-state index contributed by atoms with van der Waals surface area (Å²) in [6.45, 7) is 3.38. The zero-order chi connectivity index (χ0) is 17.7. The number of benzene rings is 2. The van der Waals surface area contributed by atoms with Crippen LogP contribution >= 0.6 is 11.6 Å². The number of hydrogen-bond acceptors (Lipinski definition) is 4. The highest BCUT2D eigenvalue weighted by Crippen LogP contribution is 2.21. The largest absolute Gasteiger partial charge is 0.481 e. The zero-order valence-electron chi connectivity index (χ0n) is 13.6. The number of carbonyl (C=O) groups is 2. The second kappa shape index (κ2) is 7.84. The molecule has 0 aromatic heterocycles. The molecule has 2 aromatic carbocycles. The fraction of sp³-hybridized carbons (Fsp3) is 0.222. The summed E-state index contributed by atoms with van der Waals surface area (Å²) >= 11 is 5.82. The van der Waals surface area contributed by atoms with E-state index in [0.29, 0.717) is 27.6 Å². The van der Waals surface area contributed by atoms with Crippen molar-refractivity contribution >= 4 is 29.2 Å². The molecule has 0 aliphatic rings. The number of nitrogens with one attached hydrogen (secondary N) is 1. The Morgan fingerprint density at radius 3 is 2.42 bits per heavy atom. The molecule has 0 bridgehead atoms. The van der Waals surface area contributed by atoms with Gasteiger partial charge in [0.25, 0.3) is 5.91 Å². The molecule has 0 aliphatic heterocycles. The van der Waals surface area contributed by atoms with E-state index >= 15 is 0 Å². The number of anilines is 1. The number of halogens is 1. The van der Waals surface area contributed by atoms with Crippen molar-refractivity contribution in [2.24, 2.45) is 0 Å². The lowest BCUT2D eigenvalue weighted by Crippen LogP contribution is -2.30. The van der Waals surface area contributed by atoms with E-state index in [2.05, 4.69) is 5.32 Å². The summed E-state index contributed by atoms with van der Waals surface area (Å²) in [5, 5.41) is 3.36. The summed E-state index contributed by atoms with van der Waals surface area (Å²) < 4.78 is 10.3. The molecule has 0 aliphatic carbocycles. The maximum absolute atomic E-state index is 12.3. The zero-order valence-corrected chi connectivity index (χ0v) is 14.4. The molecule has 5 nitrogen and oxygen atoms in total. The van der Waals surface area contributed by atoms with Gasteiger partial charge in [-0.2, -0.15) is 0 Å². The van der Waals surface area contributed by atoms with Gasteiger partial charge in [0.05, 0.1) is 12.7 Å². The van der Waals surface area contributed by atoms with Gasteiger partial charge in [0, 0.05) is 10.7 Å². The SMILES string of the molecule is COC(=O)c1cccc(NC(=O)[C@@H](C)Oc2ccc(Cl)cc2)c1C. The van der Waals surface area contributed by atoms with Crippen molar-refractivity contribution in [1.29, 1.82) is 0 Å². The molecule has 6 heteroatoms. The molecule has 2 rings (SSSR count). The topological polar surface area (TPSA) is 64.6 Å². The van der Waals surface area contributed by atoms with Crippen molar-refractivity contribution in [3.8, 4) is 5.75 Å². The molecule has 126 valence electrons. The van der Waals surface area contributed by atoms with Crippen molar-refractivity contribution < 1.29 is 19.1 Å². The molecule has 2 aromatic rings. The summed E-state index contributed by atoms with van der Waals surface area (Å²) in [5.41, 5.74) is 1.58. The number of rotatable bonds is 5. The fourth-order valence-corrected chi connectivity index (χ4v) is 2.23. The Morgan fingerprint density at radius 2 is 1.79 bits per heavy atom. The molecular weight excluding hydrogens is 330 g/mol. The molecule has 0 radical (unpaired) electrons. The minimum atomic E-state index is -0.715. The summed E-state index contributed by atoms with van der Waals surface area (Å²) in [4.78, 5) is 24.0. The molecule has 0 unspecified atom stereocenters. The first-order valence-electron chi connectivity index (χ1n) is 7.33. The quantitative estimate of drug-likeness (QED) is 0.834. The molecule has 0 fully saturated rings. The third-order valence-electron chi connectivity index (χ3n) is 3.49. The van der Waals surface area contributed by atoms with Gasteiger partial charge >= 0.3 is 5.97 Å². The van der Waals surface area contributed by atoms with E-state index in [-0.39, 0.29) is 5.91 Å². The van der Waals surface area contributed by atoms with Crippen molar-refractivity contribution in [2.45, 2.75) is 20.0 Å². The van der Waals surface area contributed by atoms with Crippen LogP contribution in [0.15, 0.2) is 42.5 Å². The van der Waals surface area contributed by atoms with Gasteiger partial charge in [0.1, 0.15) is 5.75 Å². The predicted octanol–water partition coefficient (Wildman–Crippen LogP) is 3.84. The number of carbonyl (C=O) groups excluding carboxylic acids is 2. The Labute approximate surface area is 145 Å². The molecular formula is C18H18ClNO4. The van der Waals surface area contributed by atoms with Crippen LogP contribution in [0.2, 0.25) is 5.02 Å². The highest BCUT2D eigenvalue weighted by atomic mass is 35.5. The maximum atomic E-state index is 12.3. The van der Waals surface area contributed by atoms with Gasteiger partial charge in [-0.15, -0.1) is 0 Å². The molecule has 0 saturated carbocycles. The summed E-state index contributed by atoms with van der Waals surface area (Å²) in [5.74, 6) is -0.230. The standard InChI is InChI=1S/C18H18ClNO4/c1-11-15(18(22)23-3)5-4-6-16(11)20-17(21)12(2)24-14-9-7-13(19)8-10-14/h4-10,12H,1-3H3,(H,20,21)/t12-/m1/s1. The van der Waals surface area contributed by atoms with Gasteiger partial charge in [-0.05, 0) is 55.8 Å². The van der Waals surface area contributed by atoms with Gasteiger partial charge in [0.15, 0.2) is 6.10 Å². The van der Waals surface area contributed by atoms with Crippen molar-refractivity contribution in [3.05, 3.63) is 58.6 Å². The first-order valence-corrected chi connectivity index (χ1v) is 7.71. The average Bonchev–Trinajstić information content (AvgIpc) is 2.58. The molecule has 1 amide bonds. The van der Waals surface area contributed by atoms with E-state index < -0.39 is 12.1 Å². The van der Waals surface area contributed by atoms with Crippen LogP contribution in [0.5, 0.6) is 5.75 Å². The lowest BCUT2D eigenvalue weighted by molar-refractivity contribution is -0.122. The van der Waals surface area contributed by atoms with Crippen molar-refractivity contribution in [2.75, 3.05) is 12.4 Å². The van der Waals surface area contributed by atoms with E-state index in [1.807, 2.05) is 0 Å². The van der Waals surface area contributed by atoms with E-state index in [1.54, 1.807) is 56.3 Å². The third-order valence-corrected chi connectivity index (χ3v) is 3.74. The lowest BCUT2D eigenvalue weighted by atomic mass is 10.1. The Kier molecular flexibility index (Phi) is 5.82. The third kappa shape index (κ3) is 4.26. The van der Waals surface area contributed by atoms with E-state index in [1.165, 1.54) is 7.11 Å². The highest BCUT2D eigenvalue weighted by Gasteiger charge is 2.18. The van der Waals surface area contributed by atoms with E-state index in [0.717, 1.165) is 0 Å². The number of methoxy groups -OCH3 is 1. The molecule has 0 saturated heterocycles. The van der Waals surface area contributed by atoms with Gasteiger partial charge in [-0.3, -0.25) is 4.79 Å². The number of hydrogen-bond donors (Lipinski definition) is 1. The monoisotopic (exact) mass is 347 g/mol. The van der Waals surface area contributed by atoms with Crippen LogP contribution in [0, 0.1) is 6.92 Å².